The third-order valence-electron chi connectivity index (χ3n) is 4.86. The first-order valence-corrected chi connectivity index (χ1v) is 11.8. The lowest BCUT2D eigenvalue weighted by atomic mass is 10.1. The molecule has 164 valence electrons. The molecule has 31 heavy (non-hydrogen) atoms. The highest BCUT2D eigenvalue weighted by molar-refractivity contribution is 7.09. The maximum Gasteiger partial charge on any atom is 0.323 e. The summed E-state index contributed by atoms with van der Waals surface area (Å²) in [5.41, 5.74) is 0.894. The molecular weight excluding hydrogens is 430 g/mol. The van der Waals surface area contributed by atoms with Crippen LogP contribution in [0.3, 0.4) is 0 Å². The Morgan fingerprint density at radius 1 is 1.19 bits per heavy atom. The number of hydrogen-bond donors (Lipinski definition) is 1. The highest BCUT2D eigenvalue weighted by Gasteiger charge is 2.38. The van der Waals surface area contributed by atoms with E-state index in [2.05, 4.69) is 21.7 Å². The van der Waals surface area contributed by atoms with Gasteiger partial charge in [-0.05, 0) is 23.9 Å². The Morgan fingerprint density at radius 2 is 2.03 bits per heavy atom. The molecule has 0 aliphatic carbocycles. The zero-order chi connectivity index (χ0) is 22.1. The first kappa shape index (κ1) is 23.0. The molecule has 1 aliphatic rings. The number of urea groups is 1. The van der Waals surface area contributed by atoms with Gasteiger partial charge in [0.2, 0.25) is 0 Å². The summed E-state index contributed by atoms with van der Waals surface area (Å²) in [6.07, 6.45) is 7.13. The maximum atomic E-state index is 12.7. The van der Waals surface area contributed by atoms with E-state index in [9.17, 15) is 4.79 Å². The van der Waals surface area contributed by atoms with Crippen LogP contribution in [0, 0.1) is 0 Å². The van der Waals surface area contributed by atoms with Crippen molar-refractivity contribution in [2.24, 2.45) is 4.99 Å². The van der Waals surface area contributed by atoms with E-state index in [-0.39, 0.29) is 12.1 Å². The number of rotatable bonds is 8. The monoisotopic (exact) mass is 457 g/mol. The van der Waals surface area contributed by atoms with Crippen molar-refractivity contribution in [3.05, 3.63) is 76.0 Å². The van der Waals surface area contributed by atoms with Gasteiger partial charge < -0.3 is 9.47 Å². The summed E-state index contributed by atoms with van der Waals surface area (Å²) in [5, 5.41) is 5.67. The molecule has 0 saturated carbocycles. The highest BCUT2D eigenvalue weighted by Crippen LogP contribution is 2.32. The molecule has 0 radical (unpaired) electrons. The number of carbonyl (C=O) groups excluding carboxylic acids is 1. The van der Waals surface area contributed by atoms with E-state index in [1.807, 2.05) is 59.8 Å². The Labute approximate surface area is 192 Å². The van der Waals surface area contributed by atoms with Crippen molar-refractivity contribution >= 4 is 34.8 Å². The Balaban J connectivity index is 0.00000132. The Hall–Kier alpha value is -2.64. The van der Waals surface area contributed by atoms with Gasteiger partial charge in [-0.3, -0.25) is 10.3 Å². The second-order valence-electron chi connectivity index (χ2n) is 6.80. The van der Waals surface area contributed by atoms with Crippen molar-refractivity contribution in [2.75, 3.05) is 13.1 Å². The largest absolute Gasteiger partial charge is 0.337 e. The summed E-state index contributed by atoms with van der Waals surface area (Å²) in [6.45, 7) is 6.02. The number of aryl methyl sites for hydroxylation is 1. The van der Waals surface area contributed by atoms with Gasteiger partial charge in [0.1, 0.15) is 11.9 Å². The number of carbonyl (C=O) groups is 1. The predicted molar refractivity (Wildman–Crippen MR) is 128 cm³/mol. The van der Waals surface area contributed by atoms with Gasteiger partial charge in [-0.1, -0.05) is 49.7 Å². The number of imidazole rings is 1. The fraction of sp³-hybridized carbons (Fsp3) is 0.348. The first-order chi connectivity index (χ1) is 15.2. The molecule has 0 spiro atoms. The maximum absolute atomic E-state index is 12.7. The smallest absolute Gasteiger partial charge is 0.323 e. The number of aromatic nitrogens is 2. The average Bonchev–Trinajstić information content (AvgIpc) is 3.54. The second kappa shape index (κ2) is 11.7. The van der Waals surface area contributed by atoms with Gasteiger partial charge in [0.05, 0.1) is 6.33 Å². The van der Waals surface area contributed by atoms with Crippen molar-refractivity contribution in [3.8, 4) is 0 Å². The third kappa shape index (κ3) is 5.95. The zero-order valence-corrected chi connectivity index (χ0v) is 19.4. The number of nitrogens with zero attached hydrogens (tertiary/aromatic N) is 4. The van der Waals surface area contributed by atoms with E-state index in [4.69, 9.17) is 16.6 Å². The normalized spacial score (nSPS) is 16.9. The van der Waals surface area contributed by atoms with Crippen LogP contribution in [0.4, 0.5) is 4.79 Å². The molecule has 1 unspecified atom stereocenters. The number of amides is 2. The van der Waals surface area contributed by atoms with Crippen LogP contribution in [0.1, 0.15) is 36.8 Å². The molecule has 3 aromatic rings. The van der Waals surface area contributed by atoms with Gasteiger partial charge in [0.15, 0.2) is 0 Å². The molecule has 2 amide bonds. The summed E-state index contributed by atoms with van der Waals surface area (Å²) in [6, 6.07) is 11.4. The van der Waals surface area contributed by atoms with Crippen molar-refractivity contribution in [2.45, 2.75) is 39.3 Å². The number of nitrogens with one attached hydrogen (secondary N) is 1. The minimum absolute atomic E-state index is 0.129. The average molecular weight is 458 g/mol. The lowest BCUT2D eigenvalue weighted by Gasteiger charge is -2.24. The van der Waals surface area contributed by atoms with Crippen LogP contribution in [0.2, 0.25) is 5.02 Å². The summed E-state index contributed by atoms with van der Waals surface area (Å²) in [4.78, 5) is 24.6. The summed E-state index contributed by atoms with van der Waals surface area (Å²) in [7, 11) is 0. The van der Waals surface area contributed by atoms with Gasteiger partial charge in [-0.2, -0.15) is 0 Å². The number of aliphatic imine (C=N–C) groups is 1. The molecule has 8 heteroatoms. The van der Waals surface area contributed by atoms with Crippen LogP contribution in [0.15, 0.2) is 65.5 Å². The summed E-state index contributed by atoms with van der Waals surface area (Å²) < 4.78 is 2.01. The van der Waals surface area contributed by atoms with E-state index in [1.54, 1.807) is 23.9 Å². The van der Waals surface area contributed by atoms with Crippen molar-refractivity contribution in [1.82, 2.24) is 19.8 Å². The van der Waals surface area contributed by atoms with E-state index in [1.165, 1.54) is 4.88 Å². The highest BCUT2D eigenvalue weighted by atomic mass is 35.5. The third-order valence-corrected chi connectivity index (χ3v) is 6.14. The molecule has 1 fully saturated rings. The molecule has 1 aromatic carbocycles. The second-order valence-corrected chi connectivity index (χ2v) is 8.24. The molecule has 1 atom stereocenters. The van der Waals surface area contributed by atoms with Crippen molar-refractivity contribution < 1.29 is 4.79 Å². The number of thiophene rings is 1. The van der Waals surface area contributed by atoms with Gasteiger partial charge in [-0.15, -0.1) is 11.3 Å². The van der Waals surface area contributed by atoms with Gasteiger partial charge in [-0.25, -0.2) is 9.78 Å². The van der Waals surface area contributed by atoms with Crippen LogP contribution >= 0.6 is 22.9 Å². The SMILES string of the molecule is CC.O=C1NC(=NCCc2cccs2)C(c2ccccc2Cl)N1CCCn1ccnc1. The first-order valence-electron chi connectivity index (χ1n) is 10.6. The molecule has 2 aromatic heterocycles. The minimum atomic E-state index is -0.290. The Morgan fingerprint density at radius 3 is 2.74 bits per heavy atom. The molecule has 1 saturated heterocycles. The lowest BCUT2D eigenvalue weighted by molar-refractivity contribution is 0.204. The predicted octanol–water partition coefficient (Wildman–Crippen LogP) is 5.42. The molecule has 1 N–H and O–H groups in total. The molecule has 0 bridgehead atoms. The minimum Gasteiger partial charge on any atom is -0.337 e. The standard InChI is InChI=1S/C21H22ClN5OS.C2H6/c22-18-7-2-1-6-17(18)19-20(24-9-8-16-5-3-14-29-16)25-21(28)27(19)12-4-11-26-13-10-23-15-26;1-2/h1-3,5-7,10,13-15,19H,4,8-9,11-12H2,(H,24,25,28);1-2H3. The molecule has 1 aliphatic heterocycles. The van der Waals surface area contributed by atoms with Gasteiger partial charge in [0, 0.05) is 53.9 Å². The molecule has 4 rings (SSSR count). The van der Waals surface area contributed by atoms with E-state index in [0.29, 0.717) is 23.9 Å². The number of amidine groups is 1. The number of benzene rings is 1. The zero-order valence-electron chi connectivity index (χ0n) is 17.9. The fourth-order valence-corrected chi connectivity index (χ4v) is 4.40. The van der Waals surface area contributed by atoms with Crippen LogP contribution in [0.25, 0.3) is 0 Å². The van der Waals surface area contributed by atoms with Gasteiger partial charge >= 0.3 is 6.03 Å². The molecule has 3 heterocycles. The number of hydrogen-bond acceptors (Lipinski definition) is 4. The number of halogens is 1. The van der Waals surface area contributed by atoms with Gasteiger partial charge in [0.25, 0.3) is 0 Å². The van der Waals surface area contributed by atoms with Crippen molar-refractivity contribution in [1.29, 1.82) is 0 Å². The van der Waals surface area contributed by atoms with Crippen LogP contribution in [-0.2, 0) is 13.0 Å². The molecular formula is C23H28ClN5OS. The Kier molecular flexibility index (Phi) is 8.67. The Bertz CT molecular complexity index is 972. The lowest BCUT2D eigenvalue weighted by Crippen LogP contribution is -2.31. The van der Waals surface area contributed by atoms with E-state index < -0.39 is 0 Å². The topological polar surface area (TPSA) is 62.5 Å². The quantitative estimate of drug-likeness (QED) is 0.490. The summed E-state index contributed by atoms with van der Waals surface area (Å²) >= 11 is 8.20. The van der Waals surface area contributed by atoms with Crippen LogP contribution in [0.5, 0.6) is 0 Å². The van der Waals surface area contributed by atoms with Crippen molar-refractivity contribution in [3.63, 3.8) is 0 Å². The van der Waals surface area contributed by atoms with E-state index in [0.717, 1.165) is 24.9 Å². The van der Waals surface area contributed by atoms with Crippen LogP contribution in [-0.4, -0.2) is 39.4 Å². The van der Waals surface area contributed by atoms with Crippen LogP contribution < -0.4 is 5.32 Å². The fourth-order valence-electron chi connectivity index (χ4n) is 3.47. The van der Waals surface area contributed by atoms with E-state index >= 15 is 0 Å². The summed E-state index contributed by atoms with van der Waals surface area (Å²) in [5.74, 6) is 0.669. The molecule has 6 nitrogen and oxygen atoms in total.